The van der Waals surface area contributed by atoms with Crippen LogP contribution in [-0.4, -0.2) is 44.2 Å². The first-order valence-corrected chi connectivity index (χ1v) is 7.80. The van der Waals surface area contributed by atoms with Crippen LogP contribution in [0.25, 0.3) is 0 Å². The number of hydrogen-bond acceptors (Lipinski definition) is 3. The third kappa shape index (κ3) is 3.87. The van der Waals surface area contributed by atoms with Gasteiger partial charge in [0.05, 0.1) is 0 Å². The minimum atomic E-state index is 0.151. The molecule has 2 rings (SSSR count). The molecule has 1 atom stereocenters. The summed E-state index contributed by atoms with van der Waals surface area (Å²) in [4.78, 5) is 4.82. The highest BCUT2D eigenvalue weighted by molar-refractivity contribution is 6.30. The van der Waals surface area contributed by atoms with Crippen molar-refractivity contribution in [1.29, 1.82) is 0 Å². The second-order valence-corrected chi connectivity index (χ2v) is 6.54. The monoisotopic (exact) mass is 295 g/mol. The predicted molar refractivity (Wildman–Crippen MR) is 87.7 cm³/mol. The Morgan fingerprint density at radius 3 is 2.65 bits per heavy atom. The molecule has 0 aliphatic carbocycles. The van der Waals surface area contributed by atoms with Crippen molar-refractivity contribution < 1.29 is 0 Å². The van der Waals surface area contributed by atoms with Gasteiger partial charge >= 0.3 is 0 Å². The van der Waals surface area contributed by atoms with Crippen LogP contribution in [-0.2, 0) is 6.42 Å². The Bertz CT molecular complexity index is 439. The van der Waals surface area contributed by atoms with E-state index in [-0.39, 0.29) is 6.04 Å². The first kappa shape index (κ1) is 15.6. The fourth-order valence-electron chi connectivity index (χ4n) is 2.99. The number of benzene rings is 1. The van der Waals surface area contributed by atoms with E-state index in [0.717, 1.165) is 11.4 Å². The molecular weight excluding hydrogens is 270 g/mol. The molecular formula is C16H26ClN3. The molecule has 1 aliphatic heterocycles. The fraction of sp³-hybridized carbons (Fsp3) is 0.625. The summed E-state index contributed by atoms with van der Waals surface area (Å²) in [5.74, 6) is 0. The zero-order valence-corrected chi connectivity index (χ0v) is 13.5. The van der Waals surface area contributed by atoms with E-state index in [0.29, 0.717) is 6.04 Å². The molecule has 1 aliphatic rings. The number of nitrogens with two attached hydrogens (primary N) is 1. The topological polar surface area (TPSA) is 32.5 Å². The van der Waals surface area contributed by atoms with Crippen LogP contribution in [0.5, 0.6) is 0 Å². The Morgan fingerprint density at radius 2 is 2.05 bits per heavy atom. The summed E-state index contributed by atoms with van der Waals surface area (Å²) in [5.41, 5.74) is 8.51. The molecule has 1 aromatic rings. The SMILES string of the molecule is CC(N)Cc1cc(Cl)ccc1N(C)C1CCN(C)CC1. The molecule has 1 fully saturated rings. The van der Waals surface area contributed by atoms with Crippen LogP contribution in [0.1, 0.15) is 25.3 Å². The molecule has 1 unspecified atom stereocenters. The Kier molecular flexibility index (Phi) is 5.30. The average Bonchev–Trinajstić information content (AvgIpc) is 2.38. The predicted octanol–water partition coefficient (Wildman–Crippen LogP) is 2.76. The lowest BCUT2D eigenvalue weighted by Crippen LogP contribution is -2.42. The second-order valence-electron chi connectivity index (χ2n) is 6.10. The van der Waals surface area contributed by atoms with Crippen LogP contribution < -0.4 is 10.6 Å². The summed E-state index contributed by atoms with van der Waals surface area (Å²) in [6, 6.07) is 6.94. The fourth-order valence-corrected chi connectivity index (χ4v) is 3.18. The standard InChI is InChI=1S/C16H26ClN3/c1-12(18)10-13-11-14(17)4-5-16(13)20(3)15-6-8-19(2)9-7-15/h4-5,11-12,15H,6-10,18H2,1-3H3. The number of likely N-dealkylation sites (tertiary alicyclic amines) is 1. The minimum Gasteiger partial charge on any atom is -0.371 e. The van der Waals surface area contributed by atoms with Crippen molar-refractivity contribution in [3.63, 3.8) is 0 Å². The molecule has 3 nitrogen and oxygen atoms in total. The average molecular weight is 296 g/mol. The second kappa shape index (κ2) is 6.79. The number of anilines is 1. The van der Waals surface area contributed by atoms with Gasteiger partial charge in [0.25, 0.3) is 0 Å². The molecule has 20 heavy (non-hydrogen) atoms. The summed E-state index contributed by atoms with van der Waals surface area (Å²) in [6.45, 7) is 4.39. The van der Waals surface area contributed by atoms with Crippen molar-refractivity contribution in [2.24, 2.45) is 5.73 Å². The molecule has 1 aromatic carbocycles. The van der Waals surface area contributed by atoms with Crippen LogP contribution in [0.3, 0.4) is 0 Å². The van der Waals surface area contributed by atoms with Gasteiger partial charge in [-0.1, -0.05) is 11.6 Å². The van der Waals surface area contributed by atoms with Crippen LogP contribution in [0.4, 0.5) is 5.69 Å². The van der Waals surface area contributed by atoms with Gasteiger partial charge in [-0.15, -0.1) is 0 Å². The highest BCUT2D eigenvalue weighted by Crippen LogP contribution is 2.28. The van der Waals surface area contributed by atoms with E-state index >= 15 is 0 Å². The Balaban J connectivity index is 2.18. The molecule has 0 amide bonds. The van der Waals surface area contributed by atoms with Crippen LogP contribution in [0.15, 0.2) is 18.2 Å². The summed E-state index contributed by atoms with van der Waals surface area (Å²) >= 11 is 6.14. The van der Waals surface area contributed by atoms with E-state index in [4.69, 9.17) is 17.3 Å². The van der Waals surface area contributed by atoms with Crippen LogP contribution in [0, 0.1) is 0 Å². The maximum absolute atomic E-state index is 6.14. The van der Waals surface area contributed by atoms with Crippen molar-refractivity contribution in [2.75, 3.05) is 32.1 Å². The molecule has 1 saturated heterocycles. The molecule has 0 aromatic heterocycles. The van der Waals surface area contributed by atoms with Gasteiger partial charge in [0.1, 0.15) is 0 Å². The number of nitrogens with zero attached hydrogens (tertiary/aromatic N) is 2. The Labute approximate surface area is 127 Å². The molecule has 0 spiro atoms. The first-order valence-electron chi connectivity index (χ1n) is 7.42. The van der Waals surface area contributed by atoms with E-state index in [2.05, 4.69) is 36.0 Å². The maximum Gasteiger partial charge on any atom is 0.0410 e. The van der Waals surface area contributed by atoms with E-state index in [1.165, 1.54) is 37.2 Å². The number of halogens is 1. The lowest BCUT2D eigenvalue weighted by molar-refractivity contribution is 0.252. The smallest absolute Gasteiger partial charge is 0.0410 e. The van der Waals surface area contributed by atoms with Crippen molar-refractivity contribution in [3.8, 4) is 0 Å². The third-order valence-corrected chi connectivity index (χ3v) is 4.43. The van der Waals surface area contributed by atoms with Crippen molar-refractivity contribution in [3.05, 3.63) is 28.8 Å². The number of piperidine rings is 1. The van der Waals surface area contributed by atoms with Gasteiger partial charge < -0.3 is 15.5 Å². The van der Waals surface area contributed by atoms with E-state index < -0.39 is 0 Å². The lowest BCUT2D eigenvalue weighted by Gasteiger charge is -2.37. The molecule has 2 N–H and O–H groups in total. The maximum atomic E-state index is 6.14. The highest BCUT2D eigenvalue weighted by Gasteiger charge is 2.22. The summed E-state index contributed by atoms with van der Waals surface area (Å²) < 4.78 is 0. The Morgan fingerprint density at radius 1 is 1.40 bits per heavy atom. The van der Waals surface area contributed by atoms with Gasteiger partial charge in [0.2, 0.25) is 0 Å². The van der Waals surface area contributed by atoms with E-state index in [1.54, 1.807) is 0 Å². The number of rotatable bonds is 4. The molecule has 4 heteroatoms. The van der Waals surface area contributed by atoms with Crippen molar-refractivity contribution in [1.82, 2.24) is 4.90 Å². The van der Waals surface area contributed by atoms with Gasteiger partial charge in [-0.25, -0.2) is 0 Å². The van der Waals surface area contributed by atoms with Crippen LogP contribution in [0.2, 0.25) is 5.02 Å². The minimum absolute atomic E-state index is 0.151. The third-order valence-electron chi connectivity index (χ3n) is 4.20. The van der Waals surface area contributed by atoms with Gasteiger partial charge in [0, 0.05) is 29.8 Å². The summed E-state index contributed by atoms with van der Waals surface area (Å²) in [7, 11) is 4.39. The molecule has 112 valence electrons. The van der Waals surface area contributed by atoms with Gasteiger partial charge in [0.15, 0.2) is 0 Å². The largest absolute Gasteiger partial charge is 0.371 e. The molecule has 0 bridgehead atoms. The lowest BCUT2D eigenvalue weighted by atomic mass is 10.00. The van der Waals surface area contributed by atoms with Crippen molar-refractivity contribution in [2.45, 2.75) is 38.3 Å². The summed E-state index contributed by atoms with van der Waals surface area (Å²) in [6.07, 6.45) is 3.30. The molecule has 0 saturated carbocycles. The highest BCUT2D eigenvalue weighted by atomic mass is 35.5. The molecule has 1 heterocycles. The van der Waals surface area contributed by atoms with E-state index in [9.17, 15) is 0 Å². The number of hydrogen-bond donors (Lipinski definition) is 1. The zero-order valence-electron chi connectivity index (χ0n) is 12.8. The summed E-state index contributed by atoms with van der Waals surface area (Å²) in [5, 5.41) is 0.793. The normalized spacial score (nSPS) is 19.1. The quantitative estimate of drug-likeness (QED) is 0.927. The van der Waals surface area contributed by atoms with Gasteiger partial charge in [-0.3, -0.25) is 0 Å². The zero-order chi connectivity index (χ0) is 14.7. The van der Waals surface area contributed by atoms with Gasteiger partial charge in [-0.05, 0) is 70.1 Å². The first-order chi connectivity index (χ1) is 9.47. The van der Waals surface area contributed by atoms with Crippen LogP contribution >= 0.6 is 11.6 Å². The van der Waals surface area contributed by atoms with Crippen molar-refractivity contribution >= 4 is 17.3 Å². The Hall–Kier alpha value is -0.770. The van der Waals surface area contributed by atoms with Gasteiger partial charge in [-0.2, -0.15) is 0 Å². The molecule has 0 radical (unpaired) electrons. The van der Waals surface area contributed by atoms with E-state index in [1.807, 2.05) is 13.0 Å².